The van der Waals surface area contributed by atoms with E-state index in [1.807, 2.05) is 12.1 Å². The Hall–Kier alpha value is -1.22. The van der Waals surface area contributed by atoms with E-state index in [1.54, 1.807) is 7.11 Å². The zero-order chi connectivity index (χ0) is 12.0. The Morgan fingerprint density at radius 2 is 1.88 bits per heavy atom. The van der Waals surface area contributed by atoms with E-state index in [0.717, 1.165) is 18.8 Å². The molecule has 90 valence electrons. The molecule has 0 aromatic heterocycles. The van der Waals surface area contributed by atoms with Gasteiger partial charge in [-0.05, 0) is 24.3 Å². The summed E-state index contributed by atoms with van der Waals surface area (Å²) in [6.45, 7) is 6.32. The van der Waals surface area contributed by atoms with Gasteiger partial charge in [-0.25, -0.2) is 0 Å². The molecule has 16 heavy (non-hydrogen) atoms. The van der Waals surface area contributed by atoms with Gasteiger partial charge in [-0.1, -0.05) is 13.8 Å². The average Bonchev–Trinajstić information content (AvgIpc) is 2.28. The first-order valence-electron chi connectivity index (χ1n) is 5.72. The molecule has 0 spiro atoms. The van der Waals surface area contributed by atoms with Crippen LogP contribution in [0.4, 0.5) is 5.69 Å². The van der Waals surface area contributed by atoms with Gasteiger partial charge >= 0.3 is 0 Å². The predicted octanol–water partition coefficient (Wildman–Crippen LogP) is 2.13. The van der Waals surface area contributed by atoms with Gasteiger partial charge in [-0.3, -0.25) is 0 Å². The zero-order valence-corrected chi connectivity index (χ0v) is 10.7. The molecule has 0 aliphatic carbocycles. The van der Waals surface area contributed by atoms with Gasteiger partial charge < -0.3 is 15.0 Å². The summed E-state index contributed by atoms with van der Waals surface area (Å²) in [6, 6.07) is 8.68. The van der Waals surface area contributed by atoms with Crippen molar-refractivity contribution in [1.82, 2.24) is 5.32 Å². The van der Waals surface area contributed by atoms with Crippen LogP contribution in [0.5, 0.6) is 5.75 Å². The van der Waals surface area contributed by atoms with Gasteiger partial charge in [0, 0.05) is 31.9 Å². The van der Waals surface area contributed by atoms with Crippen molar-refractivity contribution < 1.29 is 4.74 Å². The Morgan fingerprint density at radius 1 is 1.25 bits per heavy atom. The second-order valence-electron chi connectivity index (χ2n) is 4.23. The minimum Gasteiger partial charge on any atom is -0.497 e. The van der Waals surface area contributed by atoms with Crippen LogP contribution in [0.2, 0.25) is 0 Å². The summed E-state index contributed by atoms with van der Waals surface area (Å²) < 4.78 is 5.13. The highest BCUT2D eigenvalue weighted by atomic mass is 16.5. The van der Waals surface area contributed by atoms with E-state index in [2.05, 4.69) is 43.2 Å². The van der Waals surface area contributed by atoms with Gasteiger partial charge in [0.1, 0.15) is 5.75 Å². The number of anilines is 1. The normalized spacial score (nSPS) is 10.6. The topological polar surface area (TPSA) is 24.5 Å². The number of nitrogens with zero attached hydrogens (tertiary/aromatic N) is 1. The Kier molecular flexibility index (Phi) is 5.12. The van der Waals surface area contributed by atoms with E-state index in [0.29, 0.717) is 6.04 Å². The van der Waals surface area contributed by atoms with Crippen molar-refractivity contribution >= 4 is 5.69 Å². The lowest BCUT2D eigenvalue weighted by molar-refractivity contribution is 0.415. The lowest BCUT2D eigenvalue weighted by atomic mass is 10.3. The first-order chi connectivity index (χ1) is 7.63. The first-order valence-corrected chi connectivity index (χ1v) is 5.72. The van der Waals surface area contributed by atoms with Crippen LogP contribution in [0.1, 0.15) is 13.8 Å². The molecular weight excluding hydrogens is 200 g/mol. The fraction of sp³-hybridized carbons (Fsp3) is 0.538. The van der Waals surface area contributed by atoms with Crippen molar-refractivity contribution in [3.63, 3.8) is 0 Å². The average molecular weight is 222 g/mol. The second kappa shape index (κ2) is 6.38. The van der Waals surface area contributed by atoms with Gasteiger partial charge in [-0.15, -0.1) is 0 Å². The highest BCUT2D eigenvalue weighted by Gasteiger charge is 2.01. The van der Waals surface area contributed by atoms with Gasteiger partial charge in [0.05, 0.1) is 7.11 Å². The molecule has 0 saturated heterocycles. The highest BCUT2D eigenvalue weighted by Crippen LogP contribution is 2.17. The third kappa shape index (κ3) is 4.11. The number of benzene rings is 1. The third-order valence-corrected chi connectivity index (χ3v) is 2.51. The standard InChI is InChI=1S/C13H22N2O/c1-11(2)14-9-10-15(3)12-5-7-13(16-4)8-6-12/h5-8,11,14H,9-10H2,1-4H3. The molecule has 1 N–H and O–H groups in total. The molecule has 0 atom stereocenters. The molecule has 0 aliphatic rings. The minimum absolute atomic E-state index is 0.546. The van der Waals surface area contributed by atoms with Crippen LogP contribution >= 0.6 is 0 Å². The van der Waals surface area contributed by atoms with Crippen molar-refractivity contribution in [1.29, 1.82) is 0 Å². The molecule has 1 aromatic carbocycles. The first kappa shape index (κ1) is 12.8. The Balaban J connectivity index is 2.43. The number of likely N-dealkylation sites (N-methyl/N-ethyl adjacent to an activating group) is 1. The number of ether oxygens (including phenoxy) is 1. The summed E-state index contributed by atoms with van der Waals surface area (Å²) in [4.78, 5) is 2.23. The van der Waals surface area contributed by atoms with Gasteiger partial charge in [0.2, 0.25) is 0 Å². The molecule has 0 heterocycles. The SMILES string of the molecule is COc1ccc(N(C)CCNC(C)C)cc1. The highest BCUT2D eigenvalue weighted by molar-refractivity contribution is 5.48. The van der Waals surface area contributed by atoms with Crippen LogP contribution in [0, 0.1) is 0 Å². The Labute approximate surface area is 98.4 Å². The number of rotatable bonds is 6. The molecule has 0 saturated carbocycles. The number of hydrogen-bond donors (Lipinski definition) is 1. The summed E-state index contributed by atoms with van der Waals surface area (Å²) in [7, 11) is 3.79. The number of hydrogen-bond acceptors (Lipinski definition) is 3. The van der Waals surface area contributed by atoms with E-state index in [4.69, 9.17) is 4.74 Å². The quantitative estimate of drug-likeness (QED) is 0.798. The van der Waals surface area contributed by atoms with Crippen molar-refractivity contribution in [2.75, 3.05) is 32.1 Å². The van der Waals surface area contributed by atoms with E-state index in [-0.39, 0.29) is 0 Å². The van der Waals surface area contributed by atoms with E-state index >= 15 is 0 Å². The molecule has 3 heteroatoms. The summed E-state index contributed by atoms with van der Waals surface area (Å²) in [5.74, 6) is 0.900. The third-order valence-electron chi connectivity index (χ3n) is 2.51. The summed E-state index contributed by atoms with van der Waals surface area (Å²) in [5.41, 5.74) is 1.21. The Bertz CT molecular complexity index is 295. The maximum Gasteiger partial charge on any atom is 0.119 e. The molecule has 3 nitrogen and oxygen atoms in total. The van der Waals surface area contributed by atoms with E-state index in [9.17, 15) is 0 Å². The van der Waals surface area contributed by atoms with E-state index in [1.165, 1.54) is 5.69 Å². The molecule has 1 rings (SSSR count). The fourth-order valence-corrected chi connectivity index (χ4v) is 1.49. The van der Waals surface area contributed by atoms with Crippen LogP contribution in [-0.2, 0) is 0 Å². The van der Waals surface area contributed by atoms with Gasteiger partial charge in [0.15, 0.2) is 0 Å². The number of methoxy groups -OCH3 is 1. The van der Waals surface area contributed by atoms with Crippen LogP contribution in [0.3, 0.4) is 0 Å². The lowest BCUT2D eigenvalue weighted by Crippen LogP contribution is -2.32. The van der Waals surface area contributed by atoms with Crippen molar-refractivity contribution in [3.05, 3.63) is 24.3 Å². The van der Waals surface area contributed by atoms with Gasteiger partial charge in [-0.2, -0.15) is 0 Å². The van der Waals surface area contributed by atoms with Crippen LogP contribution in [-0.4, -0.2) is 33.3 Å². The van der Waals surface area contributed by atoms with Crippen molar-refractivity contribution in [2.45, 2.75) is 19.9 Å². The molecule has 0 unspecified atom stereocenters. The predicted molar refractivity (Wildman–Crippen MR) is 69.4 cm³/mol. The summed E-state index contributed by atoms with van der Waals surface area (Å²) in [6.07, 6.45) is 0. The maximum atomic E-state index is 5.13. The van der Waals surface area contributed by atoms with Crippen molar-refractivity contribution in [3.8, 4) is 5.75 Å². The summed E-state index contributed by atoms with van der Waals surface area (Å²) >= 11 is 0. The fourth-order valence-electron chi connectivity index (χ4n) is 1.49. The number of nitrogens with one attached hydrogen (secondary N) is 1. The molecule has 0 aliphatic heterocycles. The maximum absolute atomic E-state index is 5.13. The summed E-state index contributed by atoms with van der Waals surface area (Å²) in [5, 5.41) is 3.40. The lowest BCUT2D eigenvalue weighted by Gasteiger charge is -2.20. The van der Waals surface area contributed by atoms with Crippen LogP contribution in [0.25, 0.3) is 0 Å². The smallest absolute Gasteiger partial charge is 0.119 e. The van der Waals surface area contributed by atoms with E-state index < -0.39 is 0 Å². The van der Waals surface area contributed by atoms with Crippen LogP contribution < -0.4 is 15.0 Å². The van der Waals surface area contributed by atoms with Crippen molar-refractivity contribution in [2.24, 2.45) is 0 Å². The molecular formula is C13H22N2O. The molecule has 0 bridgehead atoms. The molecule has 0 amide bonds. The Morgan fingerprint density at radius 3 is 2.38 bits per heavy atom. The van der Waals surface area contributed by atoms with Gasteiger partial charge in [0.25, 0.3) is 0 Å². The molecule has 0 radical (unpaired) electrons. The zero-order valence-electron chi connectivity index (χ0n) is 10.7. The second-order valence-corrected chi connectivity index (χ2v) is 4.23. The molecule has 1 aromatic rings. The monoisotopic (exact) mass is 222 g/mol. The largest absolute Gasteiger partial charge is 0.497 e. The molecule has 0 fully saturated rings. The minimum atomic E-state index is 0.546. The van der Waals surface area contributed by atoms with Crippen LogP contribution in [0.15, 0.2) is 24.3 Å².